The monoisotopic (exact) mass is 497 g/mol. The van der Waals surface area contributed by atoms with Crippen LogP contribution in [0.2, 0.25) is 0 Å². The van der Waals surface area contributed by atoms with Crippen LogP contribution in [-0.2, 0) is 6.42 Å². The molecule has 1 aromatic heterocycles. The van der Waals surface area contributed by atoms with Crippen molar-refractivity contribution in [3.8, 4) is 17.2 Å². The van der Waals surface area contributed by atoms with Gasteiger partial charge in [-0.15, -0.1) is 0 Å². The van der Waals surface area contributed by atoms with Gasteiger partial charge in [0, 0.05) is 12.1 Å². The van der Waals surface area contributed by atoms with Gasteiger partial charge in [-0.1, -0.05) is 25.1 Å². The molecule has 0 N–H and O–H groups in total. The SMILES string of the molecule is CCc1ccccc1Oc1coc2cc(OC(=O)c3ccc4c(c3)C(=O)N(C(C)C)C4=O)ccc2c1=O. The van der Waals surface area contributed by atoms with E-state index in [1.54, 1.807) is 19.9 Å². The van der Waals surface area contributed by atoms with Crippen LogP contribution in [0.15, 0.2) is 76.1 Å². The predicted octanol–water partition coefficient (Wildman–Crippen LogP) is 5.37. The number of benzene rings is 3. The first-order valence-electron chi connectivity index (χ1n) is 11.8. The molecule has 0 aliphatic carbocycles. The number of hydrogen-bond donors (Lipinski definition) is 0. The number of aryl methyl sites for hydroxylation is 1. The van der Waals surface area contributed by atoms with Gasteiger partial charge in [-0.2, -0.15) is 0 Å². The molecule has 0 fully saturated rings. The largest absolute Gasteiger partial charge is 0.460 e. The molecule has 8 heteroatoms. The van der Waals surface area contributed by atoms with Crippen molar-refractivity contribution in [1.29, 1.82) is 0 Å². The summed E-state index contributed by atoms with van der Waals surface area (Å²) in [4.78, 5) is 52.0. The molecule has 0 atom stereocenters. The number of carbonyl (C=O) groups is 3. The number of nitrogens with zero attached hydrogens (tertiary/aromatic N) is 1. The fraction of sp³-hybridized carbons (Fsp3) is 0.172. The maximum atomic E-state index is 13.0. The van der Waals surface area contributed by atoms with Crippen LogP contribution in [0.4, 0.5) is 0 Å². The molecular formula is C29H23NO7. The van der Waals surface area contributed by atoms with Gasteiger partial charge < -0.3 is 13.9 Å². The zero-order chi connectivity index (χ0) is 26.3. The molecule has 0 saturated heterocycles. The van der Waals surface area contributed by atoms with E-state index in [2.05, 4.69) is 0 Å². The van der Waals surface area contributed by atoms with Crippen LogP contribution in [0.5, 0.6) is 17.2 Å². The Kier molecular flexibility index (Phi) is 6.09. The standard InChI is InChI=1S/C29H23NO7/c1-4-17-7-5-6-8-23(17)37-25-15-35-24-14-19(10-12-21(24)26(25)31)36-29(34)18-9-11-20-22(13-18)28(33)30(16(2)3)27(20)32/h5-16H,4H2,1-3H3. The van der Waals surface area contributed by atoms with Crippen LogP contribution in [0.25, 0.3) is 11.0 Å². The Labute approximate surface area is 212 Å². The number of rotatable bonds is 6. The van der Waals surface area contributed by atoms with Crippen molar-refractivity contribution in [2.75, 3.05) is 0 Å². The summed E-state index contributed by atoms with van der Waals surface area (Å²) in [5, 5.41) is 0.265. The van der Waals surface area contributed by atoms with Crippen molar-refractivity contribution in [2.24, 2.45) is 0 Å². The van der Waals surface area contributed by atoms with Gasteiger partial charge in [-0.3, -0.25) is 19.3 Å². The Morgan fingerprint density at radius 2 is 1.68 bits per heavy atom. The van der Waals surface area contributed by atoms with Gasteiger partial charge in [0.25, 0.3) is 11.8 Å². The van der Waals surface area contributed by atoms with Crippen LogP contribution >= 0.6 is 0 Å². The van der Waals surface area contributed by atoms with Crippen LogP contribution in [0.1, 0.15) is 57.4 Å². The molecule has 0 spiro atoms. The summed E-state index contributed by atoms with van der Waals surface area (Å²) < 4.78 is 16.9. The molecule has 0 bridgehead atoms. The minimum atomic E-state index is -0.719. The first kappa shape index (κ1) is 24.0. The third kappa shape index (κ3) is 4.27. The van der Waals surface area contributed by atoms with E-state index in [4.69, 9.17) is 13.9 Å². The van der Waals surface area contributed by atoms with Crippen molar-refractivity contribution in [3.05, 3.63) is 99.4 Å². The van der Waals surface area contributed by atoms with Crippen molar-refractivity contribution < 1.29 is 28.3 Å². The van der Waals surface area contributed by atoms with Gasteiger partial charge in [0.15, 0.2) is 0 Å². The minimum absolute atomic E-state index is 0.0472. The predicted molar refractivity (Wildman–Crippen MR) is 135 cm³/mol. The molecule has 2 heterocycles. The molecule has 3 aromatic carbocycles. The summed E-state index contributed by atoms with van der Waals surface area (Å²) in [5.41, 5.74) is 1.34. The highest BCUT2D eigenvalue weighted by molar-refractivity contribution is 6.22. The summed E-state index contributed by atoms with van der Waals surface area (Å²) in [5.74, 6) is -0.780. The number of amides is 2. The van der Waals surface area contributed by atoms with Gasteiger partial charge in [0.1, 0.15) is 23.3 Å². The Morgan fingerprint density at radius 1 is 0.919 bits per heavy atom. The van der Waals surface area contributed by atoms with Crippen LogP contribution in [0, 0.1) is 0 Å². The summed E-state index contributed by atoms with van der Waals surface area (Å²) >= 11 is 0. The molecule has 0 unspecified atom stereocenters. The van der Waals surface area contributed by atoms with Crippen molar-refractivity contribution in [2.45, 2.75) is 33.2 Å². The molecule has 37 heavy (non-hydrogen) atoms. The van der Waals surface area contributed by atoms with Crippen LogP contribution < -0.4 is 14.9 Å². The number of hydrogen-bond acceptors (Lipinski definition) is 7. The number of esters is 1. The van der Waals surface area contributed by atoms with E-state index >= 15 is 0 Å². The third-order valence-electron chi connectivity index (χ3n) is 6.17. The minimum Gasteiger partial charge on any atom is -0.460 e. The zero-order valence-electron chi connectivity index (χ0n) is 20.4. The number of para-hydroxylation sites is 1. The first-order valence-corrected chi connectivity index (χ1v) is 11.8. The molecule has 5 rings (SSSR count). The maximum Gasteiger partial charge on any atom is 0.343 e. The molecule has 186 valence electrons. The Hall–Kier alpha value is -4.72. The lowest BCUT2D eigenvalue weighted by molar-refractivity contribution is 0.0608. The highest BCUT2D eigenvalue weighted by atomic mass is 16.5. The fourth-order valence-electron chi connectivity index (χ4n) is 4.26. The van der Waals surface area contributed by atoms with Gasteiger partial charge >= 0.3 is 5.97 Å². The van der Waals surface area contributed by atoms with Crippen LogP contribution in [-0.4, -0.2) is 28.7 Å². The van der Waals surface area contributed by atoms with Crippen LogP contribution in [0.3, 0.4) is 0 Å². The van der Waals surface area contributed by atoms with Crippen molar-refractivity contribution in [1.82, 2.24) is 4.90 Å². The van der Waals surface area contributed by atoms with Gasteiger partial charge in [-0.25, -0.2) is 4.79 Å². The summed E-state index contributed by atoms with van der Waals surface area (Å²) in [6.45, 7) is 5.48. The molecular weight excluding hydrogens is 474 g/mol. The number of ether oxygens (including phenoxy) is 2. The Morgan fingerprint density at radius 3 is 2.43 bits per heavy atom. The third-order valence-corrected chi connectivity index (χ3v) is 6.17. The topological polar surface area (TPSA) is 103 Å². The van der Waals surface area contributed by atoms with Gasteiger partial charge in [-0.05, 0) is 62.2 Å². The lowest BCUT2D eigenvalue weighted by atomic mass is 10.1. The van der Waals surface area contributed by atoms with Gasteiger partial charge in [0.2, 0.25) is 11.2 Å². The Bertz CT molecular complexity index is 1630. The molecule has 4 aromatic rings. The molecule has 0 radical (unpaired) electrons. The van der Waals surface area contributed by atoms with E-state index in [1.807, 2.05) is 25.1 Å². The molecule has 8 nitrogen and oxygen atoms in total. The highest BCUT2D eigenvalue weighted by Gasteiger charge is 2.37. The second kappa shape index (κ2) is 9.39. The lowest BCUT2D eigenvalue weighted by Crippen LogP contribution is -2.35. The number of carbonyl (C=O) groups excluding carboxylic acids is 3. The van der Waals surface area contributed by atoms with E-state index in [1.165, 1.54) is 42.7 Å². The average Bonchev–Trinajstić information content (AvgIpc) is 3.15. The number of fused-ring (bicyclic) bond motifs is 2. The summed E-state index contributed by atoms with van der Waals surface area (Å²) in [7, 11) is 0. The molecule has 1 aliphatic heterocycles. The van der Waals surface area contributed by atoms with Crippen molar-refractivity contribution >= 4 is 28.8 Å². The number of imide groups is 1. The molecule has 2 amide bonds. The molecule has 1 aliphatic rings. The van der Waals surface area contributed by atoms with E-state index in [0.29, 0.717) is 5.75 Å². The van der Waals surface area contributed by atoms with E-state index in [9.17, 15) is 19.2 Å². The zero-order valence-corrected chi connectivity index (χ0v) is 20.4. The fourth-order valence-corrected chi connectivity index (χ4v) is 4.26. The summed E-state index contributed by atoms with van der Waals surface area (Å²) in [6, 6.07) is 15.8. The first-order chi connectivity index (χ1) is 17.8. The lowest BCUT2D eigenvalue weighted by Gasteiger charge is -2.17. The smallest absolute Gasteiger partial charge is 0.343 e. The normalized spacial score (nSPS) is 12.8. The van der Waals surface area contributed by atoms with E-state index < -0.39 is 11.9 Å². The van der Waals surface area contributed by atoms with Gasteiger partial charge in [0.05, 0.1) is 22.1 Å². The molecule has 0 saturated carbocycles. The maximum absolute atomic E-state index is 13.0. The second-order valence-corrected chi connectivity index (χ2v) is 8.87. The van der Waals surface area contributed by atoms with E-state index in [-0.39, 0.29) is 56.5 Å². The second-order valence-electron chi connectivity index (χ2n) is 8.87. The highest BCUT2D eigenvalue weighted by Crippen LogP contribution is 2.28. The van der Waals surface area contributed by atoms with Crippen molar-refractivity contribution in [3.63, 3.8) is 0 Å². The summed E-state index contributed by atoms with van der Waals surface area (Å²) in [6.07, 6.45) is 1.97. The quantitative estimate of drug-likeness (QED) is 0.200. The average molecular weight is 498 g/mol. The van der Waals surface area contributed by atoms with E-state index in [0.717, 1.165) is 16.9 Å². The Balaban J connectivity index is 1.38.